The highest BCUT2D eigenvalue weighted by Crippen LogP contribution is 2.48. The number of carbonyl (C=O) groups excluding carboxylic acids is 3. The standard InChI is InChI=1S/C17H18N4O3.C15H14N4O3/c1-2-24-17(23)15-10-20(19-18-15)8-11-3-5-13(6-4-11)21-9-12-7-14(12)16(21)22;20-14-12-5-10(12)7-19(14)11-3-1-9(2-4-11)6-18-8-13(15(21)22)16-17-18/h3-6,10,12,14H,2,7-9H2,1H3;1-4,8,10,12H,5-7H2,(H,21,22). The van der Waals surface area contributed by atoms with Crippen LogP contribution in [0.4, 0.5) is 11.4 Å². The number of esters is 1. The SMILES string of the molecule is CCOC(=O)c1cn(Cc2ccc(N3CC4CC4C3=O)cc2)nn1.O=C(O)c1cn(Cc2ccc(N3CC4CC4C3=O)cc2)nn1. The zero-order valence-electron chi connectivity index (χ0n) is 25.1. The van der Waals surface area contributed by atoms with Gasteiger partial charge in [-0.15, -0.1) is 10.2 Å². The lowest BCUT2D eigenvalue weighted by Crippen LogP contribution is -2.27. The van der Waals surface area contributed by atoms with Crippen molar-refractivity contribution in [3.63, 3.8) is 0 Å². The minimum absolute atomic E-state index is 0.0708. The molecule has 0 bridgehead atoms. The molecule has 4 unspecified atom stereocenters. The van der Waals surface area contributed by atoms with Crippen molar-refractivity contribution >= 4 is 35.1 Å². The van der Waals surface area contributed by atoms with Gasteiger partial charge in [-0.25, -0.2) is 19.0 Å². The molecule has 0 radical (unpaired) electrons. The molecule has 4 aliphatic rings. The normalized spacial score (nSPS) is 22.2. The van der Waals surface area contributed by atoms with Crippen molar-refractivity contribution in [3.05, 3.63) is 83.4 Å². The Hall–Kier alpha value is -5.40. The van der Waals surface area contributed by atoms with Crippen LogP contribution in [0.2, 0.25) is 0 Å². The van der Waals surface area contributed by atoms with Crippen molar-refractivity contribution in [2.24, 2.45) is 23.7 Å². The molecule has 8 rings (SSSR count). The number of rotatable bonds is 9. The van der Waals surface area contributed by atoms with Gasteiger partial charge in [0.25, 0.3) is 0 Å². The van der Waals surface area contributed by atoms with Gasteiger partial charge in [0.15, 0.2) is 11.4 Å². The summed E-state index contributed by atoms with van der Waals surface area (Å²) >= 11 is 0. The number of fused-ring (bicyclic) bond motifs is 2. The molecule has 4 fully saturated rings. The lowest BCUT2D eigenvalue weighted by atomic mass is 10.2. The first-order valence-corrected chi connectivity index (χ1v) is 15.3. The average molecular weight is 625 g/mol. The summed E-state index contributed by atoms with van der Waals surface area (Å²) in [6.07, 6.45) is 5.07. The Balaban J connectivity index is 0.000000147. The highest BCUT2D eigenvalue weighted by atomic mass is 16.5. The summed E-state index contributed by atoms with van der Waals surface area (Å²) in [5.74, 6) is 0.567. The Kier molecular flexibility index (Phi) is 7.54. The first-order valence-electron chi connectivity index (χ1n) is 15.3. The van der Waals surface area contributed by atoms with Gasteiger partial charge in [0, 0.05) is 36.3 Å². The smallest absolute Gasteiger partial charge is 0.360 e. The van der Waals surface area contributed by atoms with Crippen LogP contribution in [-0.4, -0.2) is 78.5 Å². The molecule has 2 aromatic heterocycles. The molecular formula is C32H32N8O6. The molecule has 4 aromatic rings. The van der Waals surface area contributed by atoms with E-state index in [9.17, 15) is 19.2 Å². The van der Waals surface area contributed by atoms with Gasteiger partial charge in [0.05, 0.1) is 32.1 Å². The number of carbonyl (C=O) groups is 4. The molecule has 14 heteroatoms. The van der Waals surface area contributed by atoms with E-state index in [1.165, 1.54) is 10.9 Å². The van der Waals surface area contributed by atoms with E-state index in [-0.39, 0.29) is 35.0 Å². The highest BCUT2D eigenvalue weighted by Gasteiger charge is 2.53. The number of anilines is 2. The monoisotopic (exact) mass is 624 g/mol. The number of amides is 2. The molecule has 2 saturated heterocycles. The molecule has 4 atom stereocenters. The number of hydrogen-bond donors (Lipinski definition) is 1. The number of hydrogen-bond acceptors (Lipinski definition) is 9. The van der Waals surface area contributed by atoms with E-state index in [0.717, 1.165) is 48.4 Å². The molecule has 2 saturated carbocycles. The third-order valence-corrected chi connectivity index (χ3v) is 8.81. The van der Waals surface area contributed by atoms with Gasteiger partial charge in [-0.05, 0) is 67.0 Å². The summed E-state index contributed by atoms with van der Waals surface area (Å²) in [7, 11) is 0. The van der Waals surface area contributed by atoms with E-state index in [1.807, 2.05) is 58.3 Å². The van der Waals surface area contributed by atoms with Crippen LogP contribution in [0.5, 0.6) is 0 Å². The van der Waals surface area contributed by atoms with E-state index in [0.29, 0.717) is 31.5 Å². The van der Waals surface area contributed by atoms with Crippen LogP contribution in [-0.2, 0) is 27.4 Å². The maximum atomic E-state index is 12.1. The lowest BCUT2D eigenvalue weighted by molar-refractivity contribution is -0.119. The predicted octanol–water partition coefficient (Wildman–Crippen LogP) is 2.49. The van der Waals surface area contributed by atoms with E-state index < -0.39 is 11.9 Å². The van der Waals surface area contributed by atoms with Crippen LogP contribution in [0, 0.1) is 23.7 Å². The second kappa shape index (κ2) is 11.8. The fourth-order valence-corrected chi connectivity index (χ4v) is 6.10. The zero-order chi connectivity index (χ0) is 31.9. The van der Waals surface area contributed by atoms with Crippen molar-refractivity contribution in [1.29, 1.82) is 0 Å². The number of carboxylic acids is 1. The Morgan fingerprint density at radius 3 is 1.61 bits per heavy atom. The predicted molar refractivity (Wildman–Crippen MR) is 162 cm³/mol. The van der Waals surface area contributed by atoms with Crippen molar-refractivity contribution in [1.82, 2.24) is 30.0 Å². The van der Waals surface area contributed by atoms with Crippen LogP contribution in [0.1, 0.15) is 51.9 Å². The minimum Gasteiger partial charge on any atom is -0.476 e. The van der Waals surface area contributed by atoms with E-state index in [2.05, 4.69) is 20.6 Å². The maximum absolute atomic E-state index is 12.1. The summed E-state index contributed by atoms with van der Waals surface area (Å²) in [6.45, 7) is 4.68. The van der Waals surface area contributed by atoms with Gasteiger partial charge in [-0.1, -0.05) is 34.7 Å². The van der Waals surface area contributed by atoms with Crippen molar-refractivity contribution in [3.8, 4) is 0 Å². The number of aromatic nitrogens is 6. The van der Waals surface area contributed by atoms with Gasteiger partial charge in [0.2, 0.25) is 11.8 Å². The van der Waals surface area contributed by atoms with E-state index in [4.69, 9.17) is 9.84 Å². The summed E-state index contributed by atoms with van der Waals surface area (Å²) in [5.41, 5.74) is 4.00. The second-order valence-corrected chi connectivity index (χ2v) is 12.1. The fourth-order valence-electron chi connectivity index (χ4n) is 6.10. The van der Waals surface area contributed by atoms with Crippen LogP contribution in [0.3, 0.4) is 0 Å². The first kappa shape index (κ1) is 29.3. The maximum Gasteiger partial charge on any atom is 0.360 e. The Morgan fingerprint density at radius 2 is 1.22 bits per heavy atom. The van der Waals surface area contributed by atoms with Crippen LogP contribution < -0.4 is 9.80 Å². The summed E-state index contributed by atoms with van der Waals surface area (Å²) in [4.78, 5) is 50.2. The molecule has 1 N–H and O–H groups in total. The third-order valence-electron chi connectivity index (χ3n) is 8.81. The van der Waals surface area contributed by atoms with E-state index >= 15 is 0 Å². The minimum atomic E-state index is -1.09. The molecule has 46 heavy (non-hydrogen) atoms. The molecule has 2 aromatic carbocycles. The van der Waals surface area contributed by atoms with Gasteiger partial charge in [-0.3, -0.25) is 9.59 Å². The van der Waals surface area contributed by atoms with Crippen LogP contribution in [0.15, 0.2) is 60.9 Å². The number of ether oxygens (including phenoxy) is 1. The summed E-state index contributed by atoms with van der Waals surface area (Å²) < 4.78 is 7.97. The molecule has 236 valence electrons. The molecule has 2 amide bonds. The number of piperidine rings is 2. The lowest BCUT2D eigenvalue weighted by Gasteiger charge is -2.18. The van der Waals surface area contributed by atoms with E-state index in [1.54, 1.807) is 17.8 Å². The van der Waals surface area contributed by atoms with Crippen molar-refractivity contribution in [2.75, 3.05) is 29.5 Å². The van der Waals surface area contributed by atoms with Crippen molar-refractivity contribution < 1.29 is 29.0 Å². The average Bonchev–Trinajstić information content (AvgIpc) is 3.76. The molecule has 14 nitrogen and oxygen atoms in total. The summed E-state index contributed by atoms with van der Waals surface area (Å²) in [6, 6.07) is 15.6. The molecule has 0 spiro atoms. The zero-order valence-corrected chi connectivity index (χ0v) is 25.1. The Labute approximate surface area is 263 Å². The van der Waals surface area contributed by atoms with Gasteiger partial charge in [0.1, 0.15) is 0 Å². The van der Waals surface area contributed by atoms with Crippen LogP contribution >= 0.6 is 0 Å². The quantitative estimate of drug-likeness (QED) is 0.274. The van der Waals surface area contributed by atoms with Crippen LogP contribution in [0.25, 0.3) is 0 Å². The molecule has 2 aliphatic heterocycles. The van der Waals surface area contributed by atoms with Gasteiger partial charge < -0.3 is 19.6 Å². The number of benzene rings is 2. The topological polar surface area (TPSA) is 166 Å². The highest BCUT2D eigenvalue weighted by molar-refractivity contribution is 6.00. The van der Waals surface area contributed by atoms with Crippen molar-refractivity contribution in [2.45, 2.75) is 32.9 Å². The first-order chi connectivity index (χ1) is 22.3. The van der Waals surface area contributed by atoms with Gasteiger partial charge >= 0.3 is 11.9 Å². The largest absolute Gasteiger partial charge is 0.476 e. The Morgan fingerprint density at radius 1 is 0.761 bits per heavy atom. The summed E-state index contributed by atoms with van der Waals surface area (Å²) in [5, 5.41) is 23.9. The van der Waals surface area contributed by atoms with Gasteiger partial charge in [-0.2, -0.15) is 0 Å². The Bertz CT molecular complexity index is 1800. The number of nitrogens with zero attached hydrogens (tertiary/aromatic N) is 8. The number of aromatic carboxylic acids is 1. The number of carboxylic acid groups (broad SMARTS) is 1. The molecule has 2 aliphatic carbocycles. The molecular weight excluding hydrogens is 592 g/mol. The third kappa shape index (κ3) is 5.97. The second-order valence-electron chi connectivity index (χ2n) is 12.1. The molecule has 4 heterocycles. The fraction of sp³-hybridized carbons (Fsp3) is 0.375.